The first-order chi connectivity index (χ1) is 24.8. The normalized spacial score (nSPS) is 13.1. The van der Waals surface area contributed by atoms with Crippen molar-refractivity contribution in [1.82, 2.24) is 24.5 Å². The number of thiophene rings is 1. The Balaban J connectivity index is 1.28. The van der Waals surface area contributed by atoms with Crippen LogP contribution in [0.2, 0.25) is 0 Å². The predicted molar refractivity (Wildman–Crippen MR) is 208 cm³/mol. The third-order valence-electron chi connectivity index (χ3n) is 9.50. The van der Waals surface area contributed by atoms with Crippen LogP contribution in [0.1, 0.15) is 18.7 Å². The predicted octanol–water partition coefficient (Wildman–Crippen LogP) is 11.5. The molecule has 4 heterocycles. The van der Waals surface area contributed by atoms with Crippen LogP contribution in [0.4, 0.5) is 0 Å². The minimum atomic E-state index is 0.638. The van der Waals surface area contributed by atoms with E-state index < -0.39 is 0 Å². The number of benzene rings is 5. The number of aromatic nitrogens is 5. The van der Waals surface area contributed by atoms with Crippen molar-refractivity contribution in [2.45, 2.75) is 12.8 Å². The second-order valence-corrected chi connectivity index (χ2v) is 13.6. The molecule has 6 heteroatoms. The zero-order chi connectivity index (χ0) is 33.0. The van der Waals surface area contributed by atoms with E-state index in [4.69, 9.17) is 19.9 Å². The van der Waals surface area contributed by atoms with Crippen LogP contribution in [-0.2, 0) is 0 Å². The minimum absolute atomic E-state index is 0.638. The van der Waals surface area contributed by atoms with Gasteiger partial charge in [0.25, 0.3) is 0 Å². The van der Waals surface area contributed by atoms with Crippen molar-refractivity contribution in [3.8, 4) is 39.6 Å². The van der Waals surface area contributed by atoms with Crippen molar-refractivity contribution in [1.29, 1.82) is 0 Å². The average molecular weight is 660 g/mol. The molecule has 5 aromatic carbocycles. The zero-order valence-corrected chi connectivity index (χ0v) is 27.8. The number of pyridine rings is 1. The van der Waals surface area contributed by atoms with Gasteiger partial charge in [-0.3, -0.25) is 4.98 Å². The van der Waals surface area contributed by atoms with Crippen molar-refractivity contribution >= 4 is 59.0 Å². The maximum atomic E-state index is 5.17. The lowest BCUT2D eigenvalue weighted by Crippen LogP contribution is -2.04. The highest BCUT2D eigenvalue weighted by Gasteiger charge is 2.19. The summed E-state index contributed by atoms with van der Waals surface area (Å²) in [5, 5.41) is 3.61. The van der Waals surface area contributed by atoms with E-state index in [2.05, 4.69) is 132 Å². The largest absolute Gasteiger partial charge is 0.309 e. The molecule has 0 saturated carbocycles. The molecule has 0 aliphatic heterocycles. The molecule has 1 aliphatic rings. The van der Waals surface area contributed by atoms with Gasteiger partial charge >= 0.3 is 0 Å². The van der Waals surface area contributed by atoms with Crippen LogP contribution in [0.5, 0.6) is 0 Å². The molecule has 0 fully saturated rings. The number of hydrogen-bond acceptors (Lipinski definition) is 5. The first-order valence-electron chi connectivity index (χ1n) is 16.9. The molecular formula is C44H29N5S. The molecule has 4 aromatic heterocycles. The Hall–Kier alpha value is -6.24. The summed E-state index contributed by atoms with van der Waals surface area (Å²) in [6, 6.07) is 44.9. The van der Waals surface area contributed by atoms with Gasteiger partial charge in [0, 0.05) is 55.0 Å². The van der Waals surface area contributed by atoms with Gasteiger partial charge in [-0.05, 0) is 60.9 Å². The number of allylic oxidation sites excluding steroid dienone is 4. The molecule has 0 amide bonds. The Morgan fingerprint density at radius 1 is 0.560 bits per heavy atom. The van der Waals surface area contributed by atoms with E-state index in [1.54, 1.807) is 11.3 Å². The van der Waals surface area contributed by atoms with E-state index in [0.29, 0.717) is 17.5 Å². The first-order valence-corrected chi connectivity index (χ1v) is 17.7. The van der Waals surface area contributed by atoms with Crippen LogP contribution in [0.15, 0.2) is 152 Å². The number of fused-ring (bicyclic) bond motifs is 6. The second-order valence-electron chi connectivity index (χ2n) is 12.6. The Labute approximate surface area is 292 Å². The van der Waals surface area contributed by atoms with Crippen molar-refractivity contribution in [3.63, 3.8) is 0 Å². The summed E-state index contributed by atoms with van der Waals surface area (Å²) in [6.45, 7) is 0. The molecule has 5 nitrogen and oxygen atoms in total. The fraction of sp³-hybridized carbons (Fsp3) is 0.0455. The lowest BCUT2D eigenvalue weighted by atomic mass is 10.0. The summed E-state index contributed by atoms with van der Waals surface area (Å²) in [5.41, 5.74) is 9.49. The standard InChI is InChI=1S/C44H29N5S/c1-3-13-28(14-4-1)42-46-43(29-15-5-2-6-16-29)48-44(47-42)31-25-30(33-23-24-45-40-36-19-9-12-22-39(36)50-41(33)40)26-32(27-31)49-37-20-10-7-17-34(37)35-18-8-11-21-38(35)49/h1,3-5,7-27H,2,6H2. The van der Waals surface area contributed by atoms with Gasteiger partial charge in [0.15, 0.2) is 17.5 Å². The summed E-state index contributed by atoms with van der Waals surface area (Å²) in [5.74, 6) is 1.98. The summed E-state index contributed by atoms with van der Waals surface area (Å²) in [6.07, 6.45) is 10.5. The maximum Gasteiger partial charge on any atom is 0.164 e. The zero-order valence-electron chi connectivity index (χ0n) is 27.0. The molecule has 50 heavy (non-hydrogen) atoms. The van der Waals surface area contributed by atoms with Crippen LogP contribution < -0.4 is 0 Å². The molecule has 9 aromatic rings. The molecule has 0 saturated heterocycles. The van der Waals surface area contributed by atoms with Gasteiger partial charge in [-0.2, -0.15) is 0 Å². The summed E-state index contributed by atoms with van der Waals surface area (Å²) >= 11 is 1.79. The van der Waals surface area contributed by atoms with Gasteiger partial charge in [0.1, 0.15) is 0 Å². The Morgan fingerprint density at radius 3 is 1.98 bits per heavy atom. The smallest absolute Gasteiger partial charge is 0.164 e. The van der Waals surface area contributed by atoms with Crippen molar-refractivity contribution in [2.75, 3.05) is 0 Å². The SMILES string of the molecule is C1=CC(c2nc(-c3ccccc3)nc(-c3cc(-c4ccnc5c4sc4ccccc45)cc(-n4c5ccccc5c5ccccc54)c3)n2)=CCC1. The highest BCUT2D eigenvalue weighted by molar-refractivity contribution is 7.26. The second kappa shape index (κ2) is 11.7. The first kappa shape index (κ1) is 28.7. The summed E-state index contributed by atoms with van der Waals surface area (Å²) in [4.78, 5) is 20.2. The molecule has 0 N–H and O–H groups in total. The lowest BCUT2D eigenvalue weighted by Gasteiger charge is -2.15. The van der Waals surface area contributed by atoms with E-state index in [9.17, 15) is 0 Å². The van der Waals surface area contributed by atoms with Gasteiger partial charge in [-0.25, -0.2) is 15.0 Å². The average Bonchev–Trinajstić information content (AvgIpc) is 3.74. The highest BCUT2D eigenvalue weighted by Crippen LogP contribution is 2.41. The van der Waals surface area contributed by atoms with Crippen LogP contribution in [0, 0.1) is 0 Å². The maximum absolute atomic E-state index is 5.17. The third-order valence-corrected chi connectivity index (χ3v) is 10.7. The van der Waals surface area contributed by atoms with E-state index in [0.717, 1.165) is 67.6 Å². The fourth-order valence-electron chi connectivity index (χ4n) is 7.19. The van der Waals surface area contributed by atoms with Crippen molar-refractivity contribution in [3.05, 3.63) is 158 Å². The van der Waals surface area contributed by atoms with E-state index in [1.807, 2.05) is 24.4 Å². The van der Waals surface area contributed by atoms with Crippen LogP contribution in [-0.4, -0.2) is 24.5 Å². The van der Waals surface area contributed by atoms with Crippen molar-refractivity contribution in [2.24, 2.45) is 0 Å². The summed E-state index contributed by atoms with van der Waals surface area (Å²) in [7, 11) is 0. The lowest BCUT2D eigenvalue weighted by molar-refractivity contribution is 1.01. The van der Waals surface area contributed by atoms with Gasteiger partial charge < -0.3 is 4.57 Å². The van der Waals surface area contributed by atoms with E-state index >= 15 is 0 Å². The number of hydrogen-bond donors (Lipinski definition) is 0. The topological polar surface area (TPSA) is 56.5 Å². The van der Waals surface area contributed by atoms with E-state index in [-0.39, 0.29) is 0 Å². The monoisotopic (exact) mass is 659 g/mol. The molecule has 0 unspecified atom stereocenters. The molecule has 10 rings (SSSR count). The molecule has 0 atom stereocenters. The Morgan fingerprint density at radius 2 is 1.22 bits per heavy atom. The number of para-hydroxylation sites is 2. The number of rotatable bonds is 5. The van der Waals surface area contributed by atoms with Gasteiger partial charge in [-0.1, -0.05) is 103 Å². The quantitative estimate of drug-likeness (QED) is 0.184. The van der Waals surface area contributed by atoms with Crippen LogP contribution in [0.25, 0.3) is 87.3 Å². The van der Waals surface area contributed by atoms with Gasteiger partial charge in [-0.15, -0.1) is 11.3 Å². The third kappa shape index (κ3) is 4.76. The molecule has 0 radical (unpaired) electrons. The van der Waals surface area contributed by atoms with Gasteiger partial charge in [0.2, 0.25) is 0 Å². The molecule has 1 aliphatic carbocycles. The molecule has 236 valence electrons. The Bertz CT molecular complexity index is 2770. The Kier molecular flexibility index (Phi) is 6.74. The van der Waals surface area contributed by atoms with E-state index in [1.165, 1.54) is 20.9 Å². The van der Waals surface area contributed by atoms with Gasteiger partial charge in [0.05, 0.1) is 21.3 Å². The molecule has 0 bridgehead atoms. The highest BCUT2D eigenvalue weighted by atomic mass is 32.1. The van der Waals surface area contributed by atoms with Crippen LogP contribution >= 0.6 is 11.3 Å². The number of nitrogens with zero attached hydrogens (tertiary/aromatic N) is 5. The van der Waals surface area contributed by atoms with Crippen molar-refractivity contribution < 1.29 is 0 Å². The molecular weight excluding hydrogens is 631 g/mol. The van der Waals surface area contributed by atoms with Crippen LogP contribution in [0.3, 0.4) is 0 Å². The summed E-state index contributed by atoms with van der Waals surface area (Å²) < 4.78 is 4.76. The minimum Gasteiger partial charge on any atom is -0.309 e. The molecule has 0 spiro atoms. The fourth-order valence-corrected chi connectivity index (χ4v) is 8.38.